The maximum absolute atomic E-state index is 13.4. The molecule has 0 radical (unpaired) electrons. The first-order chi connectivity index (χ1) is 22.9. The van der Waals surface area contributed by atoms with Gasteiger partial charge in [0.25, 0.3) is 0 Å². The molecule has 4 N–H and O–H groups in total. The molecule has 0 unspecified atom stereocenters. The molecule has 2 heterocycles. The molecular weight excluding hydrogens is 618 g/mol. The van der Waals surface area contributed by atoms with Crippen LogP contribution in [0.3, 0.4) is 0 Å². The second-order valence-electron chi connectivity index (χ2n) is 12.3. The summed E-state index contributed by atoms with van der Waals surface area (Å²) in [6, 6.07) is 24.1. The summed E-state index contributed by atoms with van der Waals surface area (Å²) < 4.78 is 28.2. The second-order valence-corrected chi connectivity index (χ2v) is 12.3. The Hall–Kier alpha value is -5.23. The first-order valence-corrected chi connectivity index (χ1v) is 15.3. The van der Waals surface area contributed by atoms with E-state index in [1.165, 1.54) is 19.2 Å². The zero-order valence-corrected chi connectivity index (χ0v) is 26.8. The number of benzene rings is 4. The molecule has 248 valence electrons. The summed E-state index contributed by atoms with van der Waals surface area (Å²) in [5.41, 5.74) is 5.58. The average Bonchev–Trinajstić information content (AvgIpc) is 3.06. The van der Waals surface area contributed by atoms with Crippen molar-refractivity contribution in [2.75, 3.05) is 7.11 Å². The number of aliphatic hydroxyl groups is 1. The van der Waals surface area contributed by atoms with Gasteiger partial charge in [-0.3, -0.25) is 4.79 Å². The number of carbonyl (C=O) groups is 2. The zero-order valence-electron chi connectivity index (χ0n) is 26.8. The highest BCUT2D eigenvalue weighted by molar-refractivity contribution is 6.00. The van der Waals surface area contributed by atoms with Crippen molar-refractivity contribution >= 4 is 33.6 Å². The molecule has 11 heteroatoms. The number of carbonyl (C=O) groups excluding carboxylic acids is 2. The number of aromatic hydroxyl groups is 1. The van der Waals surface area contributed by atoms with Crippen LogP contribution in [0.25, 0.3) is 32.9 Å². The first-order valence-electron chi connectivity index (χ1n) is 15.3. The molecular formula is C37H35NO10. The third-order valence-corrected chi connectivity index (χ3v) is 8.71. The molecule has 4 aromatic carbocycles. The van der Waals surface area contributed by atoms with Gasteiger partial charge < -0.3 is 39.3 Å². The fraction of sp³-hybridized carbons (Fsp3) is 0.270. The van der Waals surface area contributed by atoms with Crippen LogP contribution in [0.4, 0.5) is 4.79 Å². The summed E-state index contributed by atoms with van der Waals surface area (Å²) in [5.74, 6) is -0.597. The Morgan fingerprint density at radius 3 is 2.42 bits per heavy atom. The van der Waals surface area contributed by atoms with Crippen molar-refractivity contribution in [2.45, 2.75) is 57.4 Å². The van der Waals surface area contributed by atoms with Crippen molar-refractivity contribution in [3.63, 3.8) is 0 Å². The molecule has 6 rings (SSSR count). The summed E-state index contributed by atoms with van der Waals surface area (Å²) >= 11 is 0. The summed E-state index contributed by atoms with van der Waals surface area (Å²) in [4.78, 5) is 38.2. The smallest absolute Gasteiger partial charge is 0.404 e. The minimum Gasteiger partial charge on any atom is -0.507 e. The first kappa shape index (κ1) is 32.7. The standard InChI is InChI=1S/C37H35NO10/c1-19-28(45-35-30(41)32(47-36(38)43)33(44-4)37(2,3)48-35)15-14-25-29(40)26(34(42)46-31(19)25)18-27(39)24-11-7-10-22(17-24)23-13-12-20-8-5-6-9-21(20)16-23/h5-17,30,32-33,35,40-41H,18H2,1-4H3,(H2,38,43)/t30-,32+,33-,35-/m1/s1. The van der Waals surface area contributed by atoms with Crippen LogP contribution in [0, 0.1) is 6.92 Å². The van der Waals surface area contributed by atoms with Crippen LogP contribution in [0.1, 0.15) is 35.3 Å². The second kappa shape index (κ2) is 12.8. The number of aryl methyl sites for hydroxylation is 1. The van der Waals surface area contributed by atoms with Gasteiger partial charge in [-0.25, -0.2) is 9.59 Å². The Labute approximate surface area is 275 Å². The monoisotopic (exact) mass is 653 g/mol. The number of amides is 1. The van der Waals surface area contributed by atoms with E-state index in [0.29, 0.717) is 11.1 Å². The van der Waals surface area contributed by atoms with Crippen molar-refractivity contribution in [2.24, 2.45) is 5.73 Å². The highest BCUT2D eigenvalue weighted by atomic mass is 16.7. The van der Waals surface area contributed by atoms with E-state index in [1.54, 1.807) is 39.0 Å². The molecule has 48 heavy (non-hydrogen) atoms. The Bertz CT molecular complexity index is 2100. The van der Waals surface area contributed by atoms with Gasteiger partial charge in [-0.1, -0.05) is 54.6 Å². The number of Topliss-reactive ketones (excluding diaryl/α,β-unsaturated/α-hetero) is 1. The molecule has 1 saturated heterocycles. The SMILES string of the molecule is CO[C@@H]1[C@@H](OC(N)=O)[C@@H](O)[C@H](Oc2ccc3c(O)c(CC(=O)c4cccc(-c5ccc6ccccc6c5)c4)c(=O)oc3c2C)OC1(C)C. The van der Waals surface area contributed by atoms with Crippen LogP contribution >= 0.6 is 0 Å². The number of ketones is 1. The minimum atomic E-state index is -1.50. The Balaban J connectivity index is 1.26. The highest BCUT2D eigenvalue weighted by Gasteiger charge is 2.53. The van der Waals surface area contributed by atoms with Gasteiger partial charge in [0.05, 0.1) is 16.6 Å². The quantitative estimate of drug-likeness (QED) is 0.146. The van der Waals surface area contributed by atoms with E-state index in [2.05, 4.69) is 6.07 Å². The summed E-state index contributed by atoms with van der Waals surface area (Å²) in [6.45, 7) is 4.94. The molecule has 0 aliphatic carbocycles. The van der Waals surface area contributed by atoms with E-state index in [0.717, 1.165) is 21.9 Å². The van der Waals surface area contributed by atoms with Crippen molar-refractivity contribution in [1.29, 1.82) is 0 Å². The van der Waals surface area contributed by atoms with Gasteiger partial charge in [-0.2, -0.15) is 0 Å². The fourth-order valence-electron chi connectivity index (χ4n) is 6.26. The van der Waals surface area contributed by atoms with E-state index in [4.69, 9.17) is 29.1 Å². The summed E-state index contributed by atoms with van der Waals surface area (Å²) in [7, 11) is 1.38. The third-order valence-electron chi connectivity index (χ3n) is 8.71. The zero-order chi connectivity index (χ0) is 34.3. The lowest BCUT2D eigenvalue weighted by Gasteiger charge is -2.47. The van der Waals surface area contributed by atoms with E-state index >= 15 is 0 Å². The van der Waals surface area contributed by atoms with Gasteiger partial charge in [-0.15, -0.1) is 0 Å². The average molecular weight is 654 g/mol. The summed E-state index contributed by atoms with van der Waals surface area (Å²) in [5, 5.41) is 24.5. The van der Waals surface area contributed by atoms with Crippen molar-refractivity contribution < 1.29 is 43.2 Å². The molecule has 0 bridgehead atoms. The highest BCUT2D eigenvalue weighted by Crippen LogP contribution is 2.38. The predicted molar refractivity (Wildman–Crippen MR) is 177 cm³/mol. The van der Waals surface area contributed by atoms with Crippen LogP contribution in [0.15, 0.2) is 88.1 Å². The lowest BCUT2D eigenvalue weighted by atomic mass is 9.89. The number of rotatable bonds is 8. The molecule has 5 aromatic rings. The summed E-state index contributed by atoms with van der Waals surface area (Å²) in [6.07, 6.45) is -6.41. The van der Waals surface area contributed by atoms with Crippen molar-refractivity contribution in [3.05, 3.63) is 106 Å². The number of ether oxygens (including phenoxy) is 4. The molecule has 1 aliphatic heterocycles. The van der Waals surface area contributed by atoms with Crippen molar-refractivity contribution in [3.8, 4) is 22.6 Å². The topological polar surface area (TPSA) is 168 Å². The predicted octanol–water partition coefficient (Wildman–Crippen LogP) is 5.41. The number of methoxy groups -OCH3 is 1. The van der Waals surface area contributed by atoms with E-state index < -0.39 is 41.9 Å². The van der Waals surface area contributed by atoms with Crippen molar-refractivity contribution in [1.82, 2.24) is 0 Å². The Kier molecular flexibility index (Phi) is 8.69. The number of fused-ring (bicyclic) bond motifs is 2. The third kappa shape index (κ3) is 6.11. The molecule has 0 spiro atoms. The Morgan fingerprint density at radius 1 is 0.958 bits per heavy atom. The van der Waals surface area contributed by atoms with Gasteiger partial charge in [0.1, 0.15) is 23.2 Å². The van der Waals surface area contributed by atoms with Gasteiger partial charge >= 0.3 is 11.7 Å². The maximum atomic E-state index is 13.4. The van der Waals surface area contributed by atoms with Crippen LogP contribution in [0.5, 0.6) is 11.5 Å². The number of hydrogen-bond acceptors (Lipinski definition) is 10. The van der Waals surface area contributed by atoms with Crippen LogP contribution < -0.4 is 16.1 Å². The molecule has 1 aromatic heterocycles. The Morgan fingerprint density at radius 2 is 1.69 bits per heavy atom. The molecule has 0 saturated carbocycles. The number of hydrogen-bond donors (Lipinski definition) is 3. The number of aliphatic hydroxyl groups excluding tert-OH is 1. The van der Waals surface area contributed by atoms with E-state index in [1.807, 2.05) is 42.5 Å². The van der Waals surface area contributed by atoms with Crippen LogP contribution in [0.2, 0.25) is 0 Å². The normalized spacial score (nSPS) is 20.4. The fourth-order valence-corrected chi connectivity index (χ4v) is 6.26. The van der Waals surface area contributed by atoms with Crippen LogP contribution in [-0.2, 0) is 20.6 Å². The van der Waals surface area contributed by atoms with Gasteiger partial charge in [0.15, 0.2) is 18.0 Å². The number of primary amides is 1. The molecule has 11 nitrogen and oxygen atoms in total. The van der Waals surface area contributed by atoms with Gasteiger partial charge in [0, 0.05) is 24.7 Å². The molecule has 1 aliphatic rings. The number of nitrogens with two attached hydrogens (primary N) is 1. The lowest BCUT2D eigenvalue weighted by molar-refractivity contribution is -0.304. The largest absolute Gasteiger partial charge is 0.507 e. The van der Waals surface area contributed by atoms with Gasteiger partial charge in [-0.05, 0) is 66.9 Å². The van der Waals surface area contributed by atoms with E-state index in [-0.39, 0.29) is 40.2 Å². The molecule has 1 fully saturated rings. The molecule has 1 amide bonds. The van der Waals surface area contributed by atoms with Gasteiger partial charge in [0.2, 0.25) is 6.29 Å². The minimum absolute atomic E-state index is 0.0220. The van der Waals surface area contributed by atoms with Crippen LogP contribution in [-0.4, -0.2) is 59.4 Å². The van der Waals surface area contributed by atoms with E-state index in [9.17, 15) is 24.6 Å². The maximum Gasteiger partial charge on any atom is 0.404 e. The lowest BCUT2D eigenvalue weighted by Crippen LogP contribution is -2.65. The molecule has 4 atom stereocenters.